The third-order valence-electron chi connectivity index (χ3n) is 2.00. The van der Waals surface area contributed by atoms with E-state index in [4.69, 9.17) is 21.8 Å². The first kappa shape index (κ1) is 12.6. The van der Waals surface area contributed by atoms with Gasteiger partial charge >= 0.3 is 6.01 Å². The summed E-state index contributed by atoms with van der Waals surface area (Å²) < 4.78 is 6.41. The summed E-state index contributed by atoms with van der Waals surface area (Å²) in [5.41, 5.74) is 6.13. The van der Waals surface area contributed by atoms with Gasteiger partial charge in [-0.1, -0.05) is 16.7 Å². The number of nitrogens with two attached hydrogens (primary N) is 1. The highest BCUT2D eigenvalue weighted by atomic mass is 127. The minimum Gasteiger partial charge on any atom is -0.408 e. The van der Waals surface area contributed by atoms with E-state index in [1.165, 1.54) is 0 Å². The molecule has 17 heavy (non-hydrogen) atoms. The molecule has 0 saturated heterocycles. The van der Waals surface area contributed by atoms with Crippen molar-refractivity contribution >= 4 is 45.9 Å². The second-order valence-electron chi connectivity index (χ2n) is 3.29. The van der Waals surface area contributed by atoms with E-state index in [0.717, 1.165) is 9.26 Å². The molecular weight excluding hydrogens is 354 g/mol. The van der Waals surface area contributed by atoms with Gasteiger partial charge in [0.05, 0.1) is 10.7 Å². The van der Waals surface area contributed by atoms with Crippen LogP contribution < -0.4 is 11.1 Å². The van der Waals surface area contributed by atoms with Crippen molar-refractivity contribution in [3.63, 3.8) is 0 Å². The van der Waals surface area contributed by atoms with Crippen molar-refractivity contribution in [2.45, 2.75) is 6.42 Å². The van der Waals surface area contributed by atoms with Crippen molar-refractivity contribution in [2.75, 3.05) is 11.9 Å². The third-order valence-corrected chi connectivity index (χ3v) is 3.00. The largest absolute Gasteiger partial charge is 0.408 e. The highest BCUT2D eigenvalue weighted by Gasteiger charge is 2.07. The summed E-state index contributed by atoms with van der Waals surface area (Å²) in [6.45, 7) is 0.478. The Morgan fingerprint density at radius 1 is 1.41 bits per heavy atom. The van der Waals surface area contributed by atoms with Crippen molar-refractivity contribution in [3.05, 3.63) is 32.7 Å². The van der Waals surface area contributed by atoms with Crippen LogP contribution in [-0.2, 0) is 6.42 Å². The van der Waals surface area contributed by atoms with Crippen molar-refractivity contribution in [1.29, 1.82) is 0 Å². The zero-order valence-electron chi connectivity index (χ0n) is 8.78. The van der Waals surface area contributed by atoms with Gasteiger partial charge < -0.3 is 15.5 Å². The van der Waals surface area contributed by atoms with Crippen LogP contribution in [0.4, 0.5) is 11.7 Å². The molecule has 0 spiro atoms. The number of aromatic nitrogens is 2. The topological polar surface area (TPSA) is 77.0 Å². The lowest BCUT2D eigenvalue weighted by Gasteiger charge is -2.04. The average molecular weight is 365 g/mol. The molecular formula is C10H10ClIN4O. The second kappa shape index (κ2) is 5.65. The SMILES string of the molecule is NCCc1nnc(Nc2cc(I)ccc2Cl)o1. The van der Waals surface area contributed by atoms with Crippen molar-refractivity contribution < 1.29 is 4.42 Å². The number of rotatable bonds is 4. The van der Waals surface area contributed by atoms with E-state index in [-0.39, 0.29) is 0 Å². The van der Waals surface area contributed by atoms with Gasteiger partial charge in [0.15, 0.2) is 0 Å². The Morgan fingerprint density at radius 2 is 2.24 bits per heavy atom. The molecule has 0 radical (unpaired) electrons. The Bertz CT molecular complexity index is 517. The van der Waals surface area contributed by atoms with Gasteiger partial charge in [-0.15, -0.1) is 5.10 Å². The van der Waals surface area contributed by atoms with E-state index in [0.29, 0.717) is 29.9 Å². The van der Waals surface area contributed by atoms with Crippen LogP contribution in [0.15, 0.2) is 22.6 Å². The zero-order valence-corrected chi connectivity index (χ0v) is 11.7. The molecule has 2 rings (SSSR count). The molecule has 0 saturated carbocycles. The van der Waals surface area contributed by atoms with Gasteiger partial charge in [0.2, 0.25) is 5.89 Å². The molecule has 0 fully saturated rings. The Morgan fingerprint density at radius 3 is 3.00 bits per heavy atom. The molecule has 0 aliphatic carbocycles. The summed E-state index contributed by atoms with van der Waals surface area (Å²) in [5.74, 6) is 0.511. The molecule has 7 heteroatoms. The maximum atomic E-state index is 6.04. The first-order valence-electron chi connectivity index (χ1n) is 4.93. The van der Waals surface area contributed by atoms with Crippen LogP contribution in [0.2, 0.25) is 5.02 Å². The smallest absolute Gasteiger partial charge is 0.320 e. The predicted octanol–water partition coefficient (Wildman–Crippen LogP) is 2.57. The van der Waals surface area contributed by atoms with Gasteiger partial charge in [-0.05, 0) is 40.8 Å². The summed E-state index contributed by atoms with van der Waals surface area (Å²) in [4.78, 5) is 0. The fourth-order valence-corrected chi connectivity index (χ4v) is 1.89. The van der Waals surface area contributed by atoms with Crippen LogP contribution in [0.1, 0.15) is 5.89 Å². The third kappa shape index (κ3) is 3.30. The van der Waals surface area contributed by atoms with Crippen LogP contribution in [0.25, 0.3) is 0 Å². The maximum Gasteiger partial charge on any atom is 0.320 e. The molecule has 1 aromatic carbocycles. The van der Waals surface area contributed by atoms with Crippen LogP contribution in [0, 0.1) is 3.57 Å². The number of nitrogens with zero attached hydrogens (tertiary/aromatic N) is 2. The summed E-state index contributed by atoms with van der Waals surface area (Å²) in [7, 11) is 0. The van der Waals surface area contributed by atoms with E-state index in [1.54, 1.807) is 0 Å². The van der Waals surface area contributed by atoms with Gasteiger partial charge in [0.25, 0.3) is 0 Å². The number of nitrogens with one attached hydrogen (secondary N) is 1. The average Bonchev–Trinajstić information content (AvgIpc) is 2.72. The Hall–Kier alpha value is -0.860. The van der Waals surface area contributed by atoms with E-state index >= 15 is 0 Å². The molecule has 1 aromatic heterocycles. The summed E-state index contributed by atoms with van der Waals surface area (Å²) in [5, 5.41) is 11.3. The van der Waals surface area contributed by atoms with E-state index in [2.05, 4.69) is 38.1 Å². The molecule has 0 aliphatic rings. The number of halogens is 2. The van der Waals surface area contributed by atoms with Crippen LogP contribution in [0.5, 0.6) is 0 Å². The molecule has 1 heterocycles. The molecule has 3 N–H and O–H groups in total. The number of benzene rings is 1. The molecule has 0 unspecified atom stereocenters. The second-order valence-corrected chi connectivity index (χ2v) is 4.94. The lowest BCUT2D eigenvalue weighted by Crippen LogP contribution is -2.02. The standard InChI is InChI=1S/C10H10ClIN4O/c11-7-2-1-6(12)5-8(7)14-10-16-15-9(17-10)3-4-13/h1-2,5H,3-4,13H2,(H,14,16). The lowest BCUT2D eigenvalue weighted by atomic mass is 10.3. The predicted molar refractivity (Wildman–Crippen MR) is 74.5 cm³/mol. The fourth-order valence-electron chi connectivity index (χ4n) is 1.24. The summed E-state index contributed by atoms with van der Waals surface area (Å²) in [6.07, 6.45) is 0.564. The van der Waals surface area contributed by atoms with Gasteiger partial charge in [-0.3, -0.25) is 0 Å². The summed E-state index contributed by atoms with van der Waals surface area (Å²) >= 11 is 8.24. The molecule has 5 nitrogen and oxygen atoms in total. The number of hydrogen-bond acceptors (Lipinski definition) is 5. The number of hydrogen-bond donors (Lipinski definition) is 2. The van der Waals surface area contributed by atoms with Crippen molar-refractivity contribution in [2.24, 2.45) is 5.73 Å². The van der Waals surface area contributed by atoms with Gasteiger partial charge in [0, 0.05) is 16.5 Å². The van der Waals surface area contributed by atoms with E-state index in [9.17, 15) is 0 Å². The minimum absolute atomic E-state index is 0.317. The Kier molecular flexibility index (Phi) is 4.19. The summed E-state index contributed by atoms with van der Waals surface area (Å²) in [6, 6.07) is 5.94. The number of anilines is 2. The zero-order chi connectivity index (χ0) is 12.3. The Balaban J connectivity index is 2.16. The van der Waals surface area contributed by atoms with Gasteiger partial charge in [0.1, 0.15) is 0 Å². The molecule has 0 atom stereocenters. The molecule has 2 aromatic rings. The quantitative estimate of drug-likeness (QED) is 0.816. The normalized spacial score (nSPS) is 10.5. The van der Waals surface area contributed by atoms with Gasteiger partial charge in [-0.25, -0.2) is 0 Å². The Labute approximate surface area is 117 Å². The highest BCUT2D eigenvalue weighted by molar-refractivity contribution is 14.1. The lowest BCUT2D eigenvalue weighted by molar-refractivity contribution is 0.510. The first-order valence-corrected chi connectivity index (χ1v) is 6.39. The molecule has 0 aliphatic heterocycles. The van der Waals surface area contributed by atoms with Crippen LogP contribution in [-0.4, -0.2) is 16.7 Å². The fraction of sp³-hybridized carbons (Fsp3) is 0.200. The van der Waals surface area contributed by atoms with E-state index in [1.807, 2.05) is 18.2 Å². The molecule has 90 valence electrons. The van der Waals surface area contributed by atoms with E-state index < -0.39 is 0 Å². The van der Waals surface area contributed by atoms with Crippen molar-refractivity contribution in [3.8, 4) is 0 Å². The van der Waals surface area contributed by atoms with Crippen molar-refractivity contribution in [1.82, 2.24) is 10.2 Å². The highest BCUT2D eigenvalue weighted by Crippen LogP contribution is 2.26. The maximum absolute atomic E-state index is 6.04. The van der Waals surface area contributed by atoms with Gasteiger partial charge in [-0.2, -0.15) is 0 Å². The molecule has 0 bridgehead atoms. The monoisotopic (exact) mass is 364 g/mol. The van der Waals surface area contributed by atoms with Crippen LogP contribution in [0.3, 0.4) is 0 Å². The minimum atomic E-state index is 0.317. The van der Waals surface area contributed by atoms with Crippen LogP contribution >= 0.6 is 34.2 Å². The first-order chi connectivity index (χ1) is 8.19. The molecule has 0 amide bonds.